The number of aromatic nitrogens is 1. The van der Waals surface area contributed by atoms with Crippen molar-refractivity contribution in [2.75, 3.05) is 0 Å². The van der Waals surface area contributed by atoms with E-state index < -0.39 is 26.8 Å². The summed E-state index contributed by atoms with van der Waals surface area (Å²) in [5, 5.41) is -0.914. The fraction of sp³-hybridized carbons (Fsp3) is 0.192. The third kappa shape index (κ3) is 5.65. The molecular weight excluding hydrogens is 422 g/mol. The highest BCUT2D eigenvalue weighted by Gasteiger charge is 2.26. The summed E-state index contributed by atoms with van der Waals surface area (Å²) in [5.41, 5.74) is 2.67. The third-order valence-corrected chi connectivity index (χ3v) is 6.61. The van der Waals surface area contributed by atoms with Crippen LogP contribution in [-0.2, 0) is 19.6 Å². The zero-order valence-electron chi connectivity index (χ0n) is 18.4. The summed E-state index contributed by atoms with van der Waals surface area (Å²) in [4.78, 5) is 11.9. The zero-order chi connectivity index (χ0) is 23.4. The van der Waals surface area contributed by atoms with Crippen molar-refractivity contribution < 1.29 is 17.9 Å². The lowest BCUT2D eigenvalue weighted by atomic mass is 10.0. The van der Waals surface area contributed by atoms with Gasteiger partial charge in [-0.2, -0.15) is 0 Å². The number of hydrogen-bond acceptors (Lipinski definition) is 4. The molecule has 0 bridgehead atoms. The average Bonchev–Trinajstić information content (AvgIpc) is 3.23. The summed E-state index contributed by atoms with van der Waals surface area (Å²) < 4.78 is 32.8. The molecule has 1 heterocycles. The van der Waals surface area contributed by atoms with Crippen LogP contribution in [0.4, 0.5) is 0 Å². The van der Waals surface area contributed by atoms with Gasteiger partial charge in [0.2, 0.25) is 10.0 Å². The first-order valence-corrected chi connectivity index (χ1v) is 11.7. The van der Waals surface area contributed by atoms with Crippen molar-refractivity contribution >= 4 is 22.1 Å². The standard InChI is InChI=1S/C26H27NO4S/c1-5-24(23-14-12-22(13-15-23)21-9-7-6-8-10-21)32(29,30)27-18-17-20(19-27)11-16-25(28)31-26(2,3)4/h5-19,24H,1H2,2-4H3/b16-11+. The predicted molar refractivity (Wildman–Crippen MR) is 128 cm³/mol. The summed E-state index contributed by atoms with van der Waals surface area (Å²) in [6.45, 7) is 9.09. The van der Waals surface area contributed by atoms with Crippen molar-refractivity contribution in [1.29, 1.82) is 0 Å². The van der Waals surface area contributed by atoms with Crippen LogP contribution in [0.2, 0.25) is 0 Å². The van der Waals surface area contributed by atoms with Crippen molar-refractivity contribution in [3.63, 3.8) is 0 Å². The SMILES string of the molecule is C=CC(c1ccc(-c2ccccc2)cc1)S(=O)(=O)n1ccc(/C=C/C(=O)OC(C)(C)C)c1. The predicted octanol–water partition coefficient (Wildman–Crippen LogP) is 5.62. The smallest absolute Gasteiger partial charge is 0.331 e. The van der Waals surface area contributed by atoms with Crippen LogP contribution in [0, 0.1) is 0 Å². The van der Waals surface area contributed by atoms with Crippen molar-refractivity contribution in [1.82, 2.24) is 3.97 Å². The first-order chi connectivity index (χ1) is 15.1. The molecule has 0 aliphatic heterocycles. The van der Waals surface area contributed by atoms with Crippen molar-refractivity contribution in [2.45, 2.75) is 31.6 Å². The highest BCUT2D eigenvalue weighted by Crippen LogP contribution is 2.28. The number of benzene rings is 2. The second kappa shape index (κ2) is 9.40. The van der Waals surface area contributed by atoms with Crippen molar-refractivity contribution in [3.05, 3.63) is 103 Å². The topological polar surface area (TPSA) is 65.4 Å². The molecule has 1 aromatic heterocycles. The van der Waals surface area contributed by atoms with Crippen molar-refractivity contribution in [2.24, 2.45) is 0 Å². The van der Waals surface area contributed by atoms with Crippen LogP contribution in [0.5, 0.6) is 0 Å². The Labute approximate surface area is 189 Å². The van der Waals surface area contributed by atoms with Gasteiger partial charge in [-0.3, -0.25) is 3.97 Å². The van der Waals surface area contributed by atoms with Crippen LogP contribution < -0.4 is 0 Å². The van der Waals surface area contributed by atoms with Gasteiger partial charge in [-0.1, -0.05) is 60.7 Å². The monoisotopic (exact) mass is 449 g/mol. The number of rotatable bonds is 7. The maximum Gasteiger partial charge on any atom is 0.331 e. The van der Waals surface area contributed by atoms with Crippen LogP contribution in [-0.4, -0.2) is 24.0 Å². The van der Waals surface area contributed by atoms with E-state index in [0.717, 1.165) is 15.1 Å². The second-order valence-corrected chi connectivity index (χ2v) is 10.3. The fourth-order valence-corrected chi connectivity index (χ4v) is 4.71. The molecule has 5 nitrogen and oxygen atoms in total. The molecule has 0 amide bonds. The lowest BCUT2D eigenvalue weighted by Gasteiger charge is -2.17. The minimum Gasteiger partial charge on any atom is -0.457 e. The molecule has 0 aliphatic rings. The number of nitrogens with zero attached hydrogens (tertiary/aromatic N) is 1. The molecular formula is C26H27NO4S. The van der Waals surface area contributed by atoms with Gasteiger partial charge in [0.05, 0.1) is 0 Å². The molecule has 0 saturated carbocycles. The Bertz CT molecular complexity index is 1210. The van der Waals surface area contributed by atoms with Gasteiger partial charge in [-0.05, 0) is 55.2 Å². The molecule has 0 N–H and O–H groups in total. The van der Waals surface area contributed by atoms with Gasteiger partial charge in [0.25, 0.3) is 0 Å². The number of carbonyl (C=O) groups is 1. The maximum atomic E-state index is 13.2. The Balaban J connectivity index is 1.80. The Kier molecular flexibility index (Phi) is 6.84. The van der Waals surface area contributed by atoms with Gasteiger partial charge >= 0.3 is 5.97 Å². The second-order valence-electron chi connectivity index (χ2n) is 8.33. The molecule has 1 unspecified atom stereocenters. The molecule has 3 aromatic rings. The molecule has 0 aliphatic carbocycles. The van der Waals surface area contributed by atoms with Gasteiger partial charge in [0.15, 0.2) is 0 Å². The summed E-state index contributed by atoms with van der Waals surface area (Å²) >= 11 is 0. The van der Waals surface area contributed by atoms with Crippen LogP contribution in [0.1, 0.15) is 37.1 Å². The maximum absolute atomic E-state index is 13.2. The van der Waals surface area contributed by atoms with E-state index in [1.54, 1.807) is 39.0 Å². The molecule has 166 valence electrons. The van der Waals surface area contributed by atoms with E-state index in [1.165, 1.54) is 30.6 Å². The van der Waals surface area contributed by atoms with Crippen molar-refractivity contribution in [3.8, 4) is 11.1 Å². The van der Waals surface area contributed by atoms with Crippen LogP contribution in [0.15, 0.2) is 91.8 Å². The van der Waals surface area contributed by atoms with Gasteiger partial charge < -0.3 is 4.74 Å². The lowest BCUT2D eigenvalue weighted by molar-refractivity contribution is -0.148. The molecule has 32 heavy (non-hydrogen) atoms. The lowest BCUT2D eigenvalue weighted by Crippen LogP contribution is -2.22. The molecule has 0 fully saturated rings. The van der Waals surface area contributed by atoms with E-state index in [-0.39, 0.29) is 0 Å². The molecule has 1 atom stereocenters. The van der Waals surface area contributed by atoms with E-state index in [2.05, 4.69) is 6.58 Å². The first kappa shape index (κ1) is 23.3. The Morgan fingerprint density at radius 1 is 1.00 bits per heavy atom. The largest absolute Gasteiger partial charge is 0.457 e. The van der Waals surface area contributed by atoms with Gasteiger partial charge in [-0.15, -0.1) is 6.58 Å². The highest BCUT2D eigenvalue weighted by atomic mass is 32.2. The number of hydrogen-bond donors (Lipinski definition) is 0. The van der Waals surface area contributed by atoms with Gasteiger partial charge in [0.1, 0.15) is 10.9 Å². The normalized spacial score (nSPS) is 13.1. The number of esters is 1. The Morgan fingerprint density at radius 3 is 2.22 bits per heavy atom. The van der Waals surface area contributed by atoms with Crippen LogP contribution in [0.25, 0.3) is 17.2 Å². The van der Waals surface area contributed by atoms with E-state index in [4.69, 9.17) is 4.74 Å². The molecule has 3 rings (SSSR count). The number of carbonyl (C=O) groups excluding carboxylic acids is 1. The van der Waals surface area contributed by atoms with Crippen LogP contribution in [0.3, 0.4) is 0 Å². The zero-order valence-corrected chi connectivity index (χ0v) is 19.2. The third-order valence-electron chi connectivity index (χ3n) is 4.68. The fourth-order valence-electron chi connectivity index (χ4n) is 3.21. The first-order valence-electron chi connectivity index (χ1n) is 10.2. The summed E-state index contributed by atoms with van der Waals surface area (Å²) in [5.74, 6) is -0.490. The molecule has 0 spiro atoms. The van der Waals surface area contributed by atoms with E-state index in [9.17, 15) is 13.2 Å². The minimum atomic E-state index is -3.78. The Morgan fingerprint density at radius 2 is 1.62 bits per heavy atom. The molecule has 0 radical (unpaired) electrons. The average molecular weight is 450 g/mol. The summed E-state index contributed by atoms with van der Waals surface area (Å²) in [6.07, 6.45) is 7.15. The highest BCUT2D eigenvalue weighted by molar-refractivity contribution is 7.90. The molecule has 6 heteroatoms. The van der Waals surface area contributed by atoms with E-state index in [0.29, 0.717) is 11.1 Å². The summed E-state index contributed by atoms with van der Waals surface area (Å²) in [7, 11) is -3.78. The summed E-state index contributed by atoms with van der Waals surface area (Å²) in [6, 6.07) is 18.9. The van der Waals surface area contributed by atoms with E-state index in [1.807, 2.05) is 42.5 Å². The quantitative estimate of drug-likeness (QED) is 0.267. The Hall–Kier alpha value is -3.38. The van der Waals surface area contributed by atoms with Crippen LogP contribution >= 0.6 is 0 Å². The molecule has 2 aromatic carbocycles. The number of ether oxygens (including phenoxy) is 1. The van der Waals surface area contributed by atoms with Gasteiger partial charge in [0, 0.05) is 18.5 Å². The van der Waals surface area contributed by atoms with E-state index >= 15 is 0 Å². The van der Waals surface area contributed by atoms with Gasteiger partial charge in [-0.25, -0.2) is 13.2 Å². The minimum absolute atomic E-state index is 0.490. The molecule has 0 saturated heterocycles.